The van der Waals surface area contributed by atoms with Gasteiger partial charge in [0.2, 0.25) is 0 Å². The Kier molecular flexibility index (Phi) is 6.40. The highest BCUT2D eigenvalue weighted by Gasteiger charge is 2.22. The zero-order chi connectivity index (χ0) is 19.2. The summed E-state index contributed by atoms with van der Waals surface area (Å²) in [6.45, 7) is 0.780. The summed E-state index contributed by atoms with van der Waals surface area (Å²) < 4.78 is 25.5. The van der Waals surface area contributed by atoms with E-state index in [1.165, 1.54) is 12.1 Å². The van der Waals surface area contributed by atoms with E-state index in [9.17, 15) is 14.0 Å². The minimum atomic E-state index is -0.714. The Morgan fingerprint density at radius 1 is 1.33 bits per heavy atom. The van der Waals surface area contributed by atoms with Crippen LogP contribution in [-0.2, 0) is 25.6 Å². The predicted octanol–water partition coefficient (Wildman–Crippen LogP) is 1.38. The molecule has 27 heavy (non-hydrogen) atoms. The van der Waals surface area contributed by atoms with Crippen LogP contribution in [0.1, 0.15) is 12.8 Å². The van der Waals surface area contributed by atoms with Crippen molar-refractivity contribution < 1.29 is 23.5 Å². The molecular weight excluding hydrogens is 375 g/mol. The van der Waals surface area contributed by atoms with Gasteiger partial charge in [0.05, 0.1) is 18.4 Å². The fourth-order valence-corrected chi connectivity index (χ4v) is 3.43. The van der Waals surface area contributed by atoms with Crippen molar-refractivity contribution in [3.63, 3.8) is 0 Å². The van der Waals surface area contributed by atoms with E-state index in [0.29, 0.717) is 29.7 Å². The Bertz CT molecular complexity index is 806. The van der Waals surface area contributed by atoms with Gasteiger partial charge in [0.25, 0.3) is 5.91 Å². The molecule has 1 aliphatic heterocycles. The Morgan fingerprint density at radius 3 is 2.78 bits per heavy atom. The monoisotopic (exact) mass is 394 g/mol. The standard InChI is InChI=1S/C17H19FN4O4S/c18-12-5-3-11(4-6-12)16-20-21-17(22(16)8-13-2-1-7-25-13)27-10-15(24)26-9-14(19)23/h3-6,13H,1-2,7-10H2,(H2,19,23)/t13-/m1/s1. The molecular formula is C17H19FN4O4S. The number of ether oxygens (including phenoxy) is 2. The molecule has 1 aromatic carbocycles. The molecule has 3 rings (SSSR count). The molecule has 1 fully saturated rings. The molecule has 8 nitrogen and oxygen atoms in total. The molecule has 1 saturated heterocycles. The van der Waals surface area contributed by atoms with Gasteiger partial charge in [-0.1, -0.05) is 11.8 Å². The van der Waals surface area contributed by atoms with Gasteiger partial charge >= 0.3 is 5.97 Å². The third kappa shape index (κ3) is 5.27. The smallest absolute Gasteiger partial charge is 0.316 e. The van der Waals surface area contributed by atoms with Crippen LogP contribution in [0.4, 0.5) is 4.39 Å². The maximum absolute atomic E-state index is 13.2. The number of carbonyl (C=O) groups is 2. The normalized spacial score (nSPS) is 16.4. The topological polar surface area (TPSA) is 109 Å². The fraction of sp³-hybridized carbons (Fsp3) is 0.412. The van der Waals surface area contributed by atoms with Gasteiger partial charge in [-0.15, -0.1) is 10.2 Å². The molecule has 144 valence electrons. The second-order valence-corrected chi connectivity index (χ2v) is 6.92. The first-order valence-electron chi connectivity index (χ1n) is 8.40. The number of rotatable bonds is 8. The molecule has 2 heterocycles. The number of nitrogens with two attached hydrogens (primary N) is 1. The lowest BCUT2D eigenvalue weighted by Crippen LogP contribution is -2.22. The summed E-state index contributed by atoms with van der Waals surface area (Å²) in [6.07, 6.45) is 1.94. The van der Waals surface area contributed by atoms with Crippen LogP contribution in [-0.4, -0.2) is 51.7 Å². The number of esters is 1. The van der Waals surface area contributed by atoms with Crippen LogP contribution in [0.5, 0.6) is 0 Å². The van der Waals surface area contributed by atoms with Crippen molar-refractivity contribution in [2.45, 2.75) is 30.6 Å². The SMILES string of the molecule is NC(=O)COC(=O)CSc1nnc(-c2ccc(F)cc2)n1C[C@H]1CCCO1. The van der Waals surface area contributed by atoms with Crippen LogP contribution in [0.2, 0.25) is 0 Å². The highest BCUT2D eigenvalue weighted by atomic mass is 32.2. The summed E-state index contributed by atoms with van der Waals surface area (Å²) in [5, 5.41) is 8.86. The number of primary amides is 1. The number of aromatic nitrogens is 3. The molecule has 1 atom stereocenters. The number of carbonyl (C=O) groups excluding carboxylic acids is 2. The maximum atomic E-state index is 13.2. The van der Waals surface area contributed by atoms with Crippen molar-refractivity contribution in [3.8, 4) is 11.4 Å². The van der Waals surface area contributed by atoms with Crippen LogP contribution >= 0.6 is 11.8 Å². The molecule has 0 spiro atoms. The number of thioether (sulfide) groups is 1. The third-order valence-corrected chi connectivity index (χ3v) is 4.86. The molecule has 2 N–H and O–H groups in total. The molecule has 1 amide bonds. The number of benzene rings is 1. The lowest BCUT2D eigenvalue weighted by Gasteiger charge is -2.14. The predicted molar refractivity (Wildman–Crippen MR) is 95.3 cm³/mol. The van der Waals surface area contributed by atoms with Crippen molar-refractivity contribution in [3.05, 3.63) is 30.1 Å². The molecule has 1 aliphatic rings. The summed E-state index contributed by atoms with van der Waals surface area (Å²) in [4.78, 5) is 22.4. The first-order chi connectivity index (χ1) is 13.0. The molecule has 10 heteroatoms. The lowest BCUT2D eigenvalue weighted by molar-refractivity contribution is -0.145. The van der Waals surface area contributed by atoms with E-state index >= 15 is 0 Å². The van der Waals surface area contributed by atoms with E-state index in [4.69, 9.17) is 15.2 Å². The van der Waals surface area contributed by atoms with Gasteiger partial charge in [0, 0.05) is 12.2 Å². The number of halogens is 1. The highest BCUT2D eigenvalue weighted by molar-refractivity contribution is 7.99. The molecule has 0 radical (unpaired) electrons. The average Bonchev–Trinajstić information content (AvgIpc) is 3.29. The quantitative estimate of drug-likeness (QED) is 0.532. The average molecular weight is 394 g/mol. The maximum Gasteiger partial charge on any atom is 0.316 e. The van der Waals surface area contributed by atoms with E-state index < -0.39 is 18.5 Å². The van der Waals surface area contributed by atoms with Crippen LogP contribution in [0.3, 0.4) is 0 Å². The highest BCUT2D eigenvalue weighted by Crippen LogP contribution is 2.26. The zero-order valence-electron chi connectivity index (χ0n) is 14.5. The van der Waals surface area contributed by atoms with Crippen molar-refractivity contribution in [2.24, 2.45) is 5.73 Å². The van der Waals surface area contributed by atoms with E-state index in [2.05, 4.69) is 10.2 Å². The zero-order valence-corrected chi connectivity index (χ0v) is 15.3. The molecule has 1 aromatic heterocycles. The van der Waals surface area contributed by atoms with Gasteiger partial charge in [0.15, 0.2) is 17.6 Å². The van der Waals surface area contributed by atoms with Crippen molar-refractivity contribution in [1.82, 2.24) is 14.8 Å². The van der Waals surface area contributed by atoms with E-state index in [0.717, 1.165) is 24.6 Å². The summed E-state index contributed by atoms with van der Waals surface area (Å²) in [7, 11) is 0. The Balaban J connectivity index is 1.76. The molecule has 2 aromatic rings. The van der Waals surface area contributed by atoms with Crippen LogP contribution in [0.25, 0.3) is 11.4 Å². The second-order valence-electron chi connectivity index (χ2n) is 5.97. The van der Waals surface area contributed by atoms with Gasteiger partial charge in [-0.2, -0.15) is 0 Å². The number of hydrogen-bond acceptors (Lipinski definition) is 7. The van der Waals surface area contributed by atoms with Gasteiger partial charge in [0.1, 0.15) is 5.82 Å². The summed E-state index contributed by atoms with van der Waals surface area (Å²) in [5.74, 6) is -1.10. The Hall–Kier alpha value is -2.46. The van der Waals surface area contributed by atoms with Crippen molar-refractivity contribution >= 4 is 23.6 Å². The first-order valence-corrected chi connectivity index (χ1v) is 9.39. The van der Waals surface area contributed by atoms with E-state index in [-0.39, 0.29) is 17.7 Å². The van der Waals surface area contributed by atoms with Crippen LogP contribution in [0.15, 0.2) is 29.4 Å². The van der Waals surface area contributed by atoms with Gasteiger partial charge in [-0.3, -0.25) is 14.2 Å². The fourth-order valence-electron chi connectivity index (χ4n) is 2.68. The second kappa shape index (κ2) is 8.96. The minimum absolute atomic E-state index is 0.0290. The number of hydrogen-bond donors (Lipinski definition) is 1. The summed E-state index contributed by atoms with van der Waals surface area (Å²) in [5.41, 5.74) is 5.66. The first kappa shape index (κ1) is 19.3. The molecule has 0 saturated carbocycles. The van der Waals surface area contributed by atoms with Crippen LogP contribution < -0.4 is 5.73 Å². The van der Waals surface area contributed by atoms with Crippen molar-refractivity contribution in [2.75, 3.05) is 19.0 Å². The molecule has 0 aliphatic carbocycles. The van der Waals surface area contributed by atoms with Crippen molar-refractivity contribution in [1.29, 1.82) is 0 Å². The summed E-state index contributed by atoms with van der Waals surface area (Å²) in [6, 6.07) is 5.96. The largest absolute Gasteiger partial charge is 0.455 e. The van der Waals surface area contributed by atoms with Gasteiger partial charge < -0.3 is 15.2 Å². The van der Waals surface area contributed by atoms with Gasteiger partial charge in [-0.05, 0) is 37.1 Å². The van der Waals surface area contributed by atoms with Gasteiger partial charge in [-0.25, -0.2) is 4.39 Å². The van der Waals surface area contributed by atoms with Crippen LogP contribution in [0, 0.1) is 5.82 Å². The number of nitrogens with zero attached hydrogens (tertiary/aromatic N) is 3. The molecule has 0 unspecified atom stereocenters. The molecule has 0 bridgehead atoms. The third-order valence-electron chi connectivity index (χ3n) is 3.92. The number of amides is 1. The van der Waals surface area contributed by atoms with E-state index in [1.807, 2.05) is 4.57 Å². The Labute approximate surface area is 159 Å². The minimum Gasteiger partial charge on any atom is -0.455 e. The summed E-state index contributed by atoms with van der Waals surface area (Å²) >= 11 is 1.14. The lowest BCUT2D eigenvalue weighted by atomic mass is 10.2. The van der Waals surface area contributed by atoms with E-state index in [1.54, 1.807) is 12.1 Å². The Morgan fingerprint density at radius 2 is 2.11 bits per heavy atom.